The van der Waals surface area contributed by atoms with Gasteiger partial charge < -0.3 is 4.42 Å². The zero-order chi connectivity index (χ0) is 21.1. The van der Waals surface area contributed by atoms with Crippen LogP contribution in [0.1, 0.15) is 10.4 Å². The molecule has 0 fully saturated rings. The standard InChI is InChI=1S/C21H14BrNO4S3/c22-15-8-10-16(11-9-15)30(25,26)20-21(27-19(23-20)18-7-4-12-28-18)29-13-17(24)14-5-2-1-3-6-14/h1-12H,13H2. The molecule has 0 aliphatic carbocycles. The smallest absolute Gasteiger partial charge is 0.238 e. The number of aromatic nitrogens is 1. The van der Waals surface area contributed by atoms with Gasteiger partial charge in [-0.05, 0) is 35.7 Å². The van der Waals surface area contributed by atoms with E-state index in [1.165, 1.54) is 23.5 Å². The lowest BCUT2D eigenvalue weighted by atomic mass is 10.2. The third-order valence-electron chi connectivity index (χ3n) is 4.11. The number of thioether (sulfide) groups is 1. The Hall–Kier alpha value is -2.20. The van der Waals surface area contributed by atoms with Crippen molar-refractivity contribution >= 4 is 54.6 Å². The van der Waals surface area contributed by atoms with Crippen LogP contribution in [-0.2, 0) is 9.84 Å². The molecular formula is C21H14BrNO4S3. The molecule has 0 saturated heterocycles. The molecule has 0 amide bonds. The van der Waals surface area contributed by atoms with Crippen LogP contribution >= 0.6 is 39.0 Å². The van der Waals surface area contributed by atoms with Crippen LogP contribution in [0.3, 0.4) is 0 Å². The van der Waals surface area contributed by atoms with Crippen LogP contribution in [0.15, 0.2) is 96.0 Å². The van der Waals surface area contributed by atoms with E-state index in [-0.39, 0.29) is 32.4 Å². The summed E-state index contributed by atoms with van der Waals surface area (Å²) in [6.07, 6.45) is 0. The minimum atomic E-state index is -3.92. The van der Waals surface area contributed by atoms with Gasteiger partial charge in [-0.15, -0.1) is 11.3 Å². The molecule has 0 N–H and O–H groups in total. The number of hydrogen-bond acceptors (Lipinski definition) is 7. The van der Waals surface area contributed by atoms with Gasteiger partial charge in [0.2, 0.25) is 25.8 Å². The molecule has 0 aliphatic rings. The Bertz CT molecular complexity index is 1270. The average molecular weight is 520 g/mol. The van der Waals surface area contributed by atoms with E-state index in [1.54, 1.807) is 42.5 Å². The number of Topliss-reactive ketones (excluding diaryl/α,β-unsaturated/α-hetero) is 1. The number of rotatable bonds is 7. The van der Waals surface area contributed by atoms with Gasteiger partial charge in [0.15, 0.2) is 5.78 Å². The summed E-state index contributed by atoms with van der Waals surface area (Å²) in [7, 11) is -3.92. The van der Waals surface area contributed by atoms with Crippen molar-refractivity contribution in [3.8, 4) is 10.8 Å². The second-order valence-corrected chi connectivity index (χ2v) is 10.8. The van der Waals surface area contributed by atoms with E-state index in [9.17, 15) is 13.2 Å². The number of benzene rings is 2. The topological polar surface area (TPSA) is 77.2 Å². The number of thiophene rings is 1. The van der Waals surface area contributed by atoms with E-state index in [0.29, 0.717) is 10.4 Å². The fourth-order valence-electron chi connectivity index (χ4n) is 2.62. The fraction of sp³-hybridized carbons (Fsp3) is 0.0476. The number of carbonyl (C=O) groups is 1. The first-order valence-electron chi connectivity index (χ1n) is 8.71. The number of ketones is 1. The van der Waals surface area contributed by atoms with Gasteiger partial charge in [0.05, 0.1) is 15.5 Å². The van der Waals surface area contributed by atoms with Crippen molar-refractivity contribution in [1.82, 2.24) is 4.98 Å². The van der Waals surface area contributed by atoms with Crippen LogP contribution in [0.2, 0.25) is 0 Å². The van der Waals surface area contributed by atoms with Gasteiger partial charge >= 0.3 is 0 Å². The Labute approximate surface area is 190 Å². The Balaban J connectivity index is 1.70. The third-order valence-corrected chi connectivity index (χ3v) is 8.25. The van der Waals surface area contributed by atoms with Crippen LogP contribution in [0.25, 0.3) is 10.8 Å². The molecule has 0 unspecified atom stereocenters. The normalized spacial score (nSPS) is 11.5. The largest absolute Gasteiger partial charge is 0.428 e. The summed E-state index contributed by atoms with van der Waals surface area (Å²) in [5.74, 6) is 0.128. The van der Waals surface area contributed by atoms with E-state index in [1.807, 2.05) is 17.5 Å². The third kappa shape index (κ3) is 4.44. The van der Waals surface area contributed by atoms with Crippen LogP contribution in [0.4, 0.5) is 0 Å². The van der Waals surface area contributed by atoms with Crippen molar-refractivity contribution in [2.45, 2.75) is 15.0 Å². The molecule has 2 aromatic heterocycles. The molecule has 0 saturated carbocycles. The predicted molar refractivity (Wildman–Crippen MR) is 121 cm³/mol. The minimum absolute atomic E-state index is 0.0337. The summed E-state index contributed by atoms with van der Waals surface area (Å²) in [6.45, 7) is 0. The first-order valence-corrected chi connectivity index (χ1v) is 12.9. The summed E-state index contributed by atoms with van der Waals surface area (Å²) >= 11 is 5.73. The molecule has 0 atom stereocenters. The van der Waals surface area contributed by atoms with Gasteiger partial charge in [-0.2, -0.15) is 4.98 Å². The van der Waals surface area contributed by atoms with Gasteiger partial charge in [0.25, 0.3) is 0 Å². The van der Waals surface area contributed by atoms with Crippen LogP contribution in [0, 0.1) is 0 Å². The van der Waals surface area contributed by atoms with Crippen LogP contribution in [0.5, 0.6) is 0 Å². The average Bonchev–Trinajstić information content (AvgIpc) is 3.43. The van der Waals surface area contributed by atoms with Crippen molar-refractivity contribution in [1.29, 1.82) is 0 Å². The molecule has 0 spiro atoms. The molecule has 30 heavy (non-hydrogen) atoms. The molecule has 5 nitrogen and oxygen atoms in total. The van der Waals surface area contributed by atoms with Gasteiger partial charge in [-0.1, -0.05) is 64.1 Å². The lowest BCUT2D eigenvalue weighted by Gasteiger charge is -2.04. The quantitative estimate of drug-likeness (QED) is 0.221. The Kier molecular flexibility index (Phi) is 6.24. The molecule has 0 aliphatic heterocycles. The zero-order valence-electron chi connectivity index (χ0n) is 15.3. The first-order chi connectivity index (χ1) is 14.4. The van der Waals surface area contributed by atoms with Crippen LogP contribution < -0.4 is 0 Å². The maximum Gasteiger partial charge on any atom is 0.238 e. The first kappa shape index (κ1) is 21.0. The van der Waals surface area contributed by atoms with Crippen molar-refractivity contribution in [3.05, 3.63) is 82.1 Å². The lowest BCUT2D eigenvalue weighted by Crippen LogP contribution is -2.05. The number of carbonyl (C=O) groups excluding carboxylic acids is 1. The van der Waals surface area contributed by atoms with Gasteiger partial charge in [0, 0.05) is 10.0 Å². The minimum Gasteiger partial charge on any atom is -0.428 e. The molecule has 2 heterocycles. The number of sulfone groups is 1. The lowest BCUT2D eigenvalue weighted by molar-refractivity contribution is 0.102. The molecule has 152 valence electrons. The summed E-state index contributed by atoms with van der Waals surface area (Å²) in [5, 5.41) is 1.78. The SMILES string of the molecule is O=C(CSc1oc(-c2cccs2)nc1S(=O)(=O)c1ccc(Br)cc1)c1ccccc1. The Morgan fingerprint density at radius 3 is 2.43 bits per heavy atom. The Morgan fingerprint density at radius 1 is 1.03 bits per heavy atom. The second kappa shape index (κ2) is 8.89. The Morgan fingerprint density at radius 2 is 1.77 bits per heavy atom. The summed E-state index contributed by atoms with van der Waals surface area (Å²) in [4.78, 5) is 17.6. The monoisotopic (exact) mass is 519 g/mol. The zero-order valence-corrected chi connectivity index (χ0v) is 19.4. The molecular weight excluding hydrogens is 506 g/mol. The maximum atomic E-state index is 13.2. The number of hydrogen-bond donors (Lipinski definition) is 0. The van der Waals surface area contributed by atoms with E-state index < -0.39 is 9.84 Å². The summed E-state index contributed by atoms with van der Waals surface area (Å²) in [5.41, 5.74) is 0.556. The fourth-order valence-corrected chi connectivity index (χ4v) is 5.96. The molecule has 2 aromatic carbocycles. The van der Waals surface area contributed by atoms with Crippen molar-refractivity contribution < 1.29 is 17.6 Å². The summed E-state index contributed by atoms with van der Waals surface area (Å²) < 4.78 is 33.0. The van der Waals surface area contributed by atoms with Gasteiger partial charge in [-0.3, -0.25) is 4.79 Å². The molecule has 4 aromatic rings. The molecule has 4 rings (SSSR count). The highest BCUT2D eigenvalue weighted by molar-refractivity contribution is 9.10. The molecule has 9 heteroatoms. The van der Waals surface area contributed by atoms with Crippen molar-refractivity contribution in [2.75, 3.05) is 5.75 Å². The van der Waals surface area contributed by atoms with Crippen molar-refractivity contribution in [3.63, 3.8) is 0 Å². The number of oxazole rings is 1. The van der Waals surface area contributed by atoms with Gasteiger partial charge in [-0.25, -0.2) is 8.42 Å². The highest BCUT2D eigenvalue weighted by Gasteiger charge is 2.29. The van der Waals surface area contributed by atoms with E-state index >= 15 is 0 Å². The highest BCUT2D eigenvalue weighted by atomic mass is 79.9. The molecule has 0 bridgehead atoms. The van der Waals surface area contributed by atoms with E-state index in [0.717, 1.165) is 16.2 Å². The second-order valence-electron chi connectivity index (χ2n) is 6.12. The number of nitrogens with zero attached hydrogens (tertiary/aromatic N) is 1. The van der Waals surface area contributed by atoms with E-state index in [4.69, 9.17) is 4.42 Å². The molecule has 0 radical (unpaired) electrons. The van der Waals surface area contributed by atoms with Crippen LogP contribution in [-0.4, -0.2) is 24.9 Å². The predicted octanol–water partition coefficient (Wildman–Crippen LogP) is 5.97. The van der Waals surface area contributed by atoms with E-state index in [2.05, 4.69) is 20.9 Å². The maximum absolute atomic E-state index is 13.2. The van der Waals surface area contributed by atoms with Crippen molar-refractivity contribution in [2.24, 2.45) is 0 Å². The number of halogens is 1. The van der Waals surface area contributed by atoms with Gasteiger partial charge in [0.1, 0.15) is 0 Å². The highest BCUT2D eigenvalue weighted by Crippen LogP contribution is 2.36. The summed E-state index contributed by atoms with van der Waals surface area (Å²) in [6, 6.07) is 18.8.